The Labute approximate surface area is 121 Å². The molecule has 1 N–H and O–H groups in total. The van der Waals surface area contributed by atoms with Crippen molar-refractivity contribution in [1.29, 1.82) is 0 Å². The topological polar surface area (TPSA) is 42.0 Å². The lowest BCUT2D eigenvalue weighted by Gasteiger charge is -2.09. The molecule has 2 aromatic carbocycles. The van der Waals surface area contributed by atoms with Crippen LogP contribution in [0, 0.1) is 12.7 Å². The maximum atomic E-state index is 13.8. The Morgan fingerprint density at radius 3 is 2.86 bits per heavy atom. The predicted octanol–water partition coefficient (Wildman–Crippen LogP) is 3.93. The monoisotopic (exact) mass is 280 g/mol. The summed E-state index contributed by atoms with van der Waals surface area (Å²) in [5.74, 6) is -0.996. The van der Waals surface area contributed by atoms with Crippen LogP contribution in [-0.4, -0.2) is 10.9 Å². The zero-order valence-electron chi connectivity index (χ0n) is 11.4. The van der Waals surface area contributed by atoms with Crippen molar-refractivity contribution in [3.05, 3.63) is 71.7 Å². The van der Waals surface area contributed by atoms with Gasteiger partial charge in [-0.15, -0.1) is 0 Å². The van der Waals surface area contributed by atoms with Gasteiger partial charge in [0.15, 0.2) is 0 Å². The standard InChI is InChI=1S/C17H13FN2O/c1-11-7-8-14(18)13(10-11)17(21)20-16-6-2-5-15-12(16)4-3-9-19-15/h2-10H,1H3,(H,20,21). The minimum Gasteiger partial charge on any atom is -0.321 e. The van der Waals surface area contributed by atoms with Crippen molar-refractivity contribution in [3.8, 4) is 0 Å². The molecule has 104 valence electrons. The number of aromatic nitrogens is 1. The molecule has 3 nitrogen and oxygen atoms in total. The number of rotatable bonds is 2. The number of fused-ring (bicyclic) bond motifs is 1. The molecular weight excluding hydrogens is 267 g/mol. The molecule has 0 spiro atoms. The molecule has 1 aromatic heterocycles. The summed E-state index contributed by atoms with van der Waals surface area (Å²) in [6.45, 7) is 1.82. The van der Waals surface area contributed by atoms with Crippen molar-refractivity contribution >= 4 is 22.5 Å². The second kappa shape index (κ2) is 5.32. The zero-order chi connectivity index (χ0) is 14.8. The lowest BCUT2D eigenvalue weighted by atomic mass is 10.1. The van der Waals surface area contributed by atoms with Gasteiger partial charge in [-0.25, -0.2) is 4.39 Å². The highest BCUT2D eigenvalue weighted by molar-refractivity contribution is 6.08. The van der Waals surface area contributed by atoms with E-state index in [4.69, 9.17) is 0 Å². The first kappa shape index (κ1) is 13.2. The van der Waals surface area contributed by atoms with Gasteiger partial charge in [-0.3, -0.25) is 9.78 Å². The van der Waals surface area contributed by atoms with Gasteiger partial charge >= 0.3 is 0 Å². The number of halogens is 1. The van der Waals surface area contributed by atoms with Crippen LogP contribution in [0.2, 0.25) is 0 Å². The van der Waals surface area contributed by atoms with Gasteiger partial charge in [-0.05, 0) is 43.3 Å². The highest BCUT2D eigenvalue weighted by Crippen LogP contribution is 2.22. The van der Waals surface area contributed by atoms with Crippen LogP contribution in [0.3, 0.4) is 0 Å². The van der Waals surface area contributed by atoms with Gasteiger partial charge in [0.1, 0.15) is 5.82 Å². The first-order valence-electron chi connectivity index (χ1n) is 6.56. The zero-order valence-corrected chi connectivity index (χ0v) is 11.4. The Morgan fingerprint density at radius 2 is 2.00 bits per heavy atom. The Balaban J connectivity index is 1.99. The van der Waals surface area contributed by atoms with Crippen molar-refractivity contribution in [3.63, 3.8) is 0 Å². The molecule has 0 saturated carbocycles. The van der Waals surface area contributed by atoms with E-state index in [0.29, 0.717) is 5.69 Å². The summed E-state index contributed by atoms with van der Waals surface area (Å²) in [6, 6.07) is 13.6. The number of amides is 1. The first-order valence-corrected chi connectivity index (χ1v) is 6.56. The number of anilines is 1. The Morgan fingerprint density at radius 1 is 1.14 bits per heavy atom. The number of hydrogen-bond donors (Lipinski definition) is 1. The molecule has 0 unspecified atom stereocenters. The molecule has 0 aliphatic rings. The lowest BCUT2D eigenvalue weighted by molar-refractivity contribution is 0.102. The number of benzene rings is 2. The molecule has 4 heteroatoms. The molecule has 3 aromatic rings. The van der Waals surface area contributed by atoms with E-state index in [1.165, 1.54) is 12.1 Å². The number of carbonyl (C=O) groups is 1. The summed E-state index contributed by atoms with van der Waals surface area (Å²) < 4.78 is 13.8. The molecule has 1 heterocycles. The molecule has 0 fully saturated rings. The van der Waals surface area contributed by atoms with E-state index >= 15 is 0 Å². The first-order chi connectivity index (χ1) is 10.1. The smallest absolute Gasteiger partial charge is 0.258 e. The number of carbonyl (C=O) groups excluding carboxylic acids is 1. The van der Waals surface area contributed by atoms with Crippen LogP contribution in [-0.2, 0) is 0 Å². The molecule has 0 aliphatic heterocycles. The number of nitrogens with one attached hydrogen (secondary N) is 1. The van der Waals surface area contributed by atoms with Crippen LogP contribution in [0.15, 0.2) is 54.7 Å². The average Bonchev–Trinajstić information content (AvgIpc) is 2.50. The Hall–Kier alpha value is -2.75. The largest absolute Gasteiger partial charge is 0.321 e. The maximum absolute atomic E-state index is 13.8. The van der Waals surface area contributed by atoms with Gasteiger partial charge in [-0.1, -0.05) is 17.7 Å². The van der Waals surface area contributed by atoms with Gasteiger partial charge < -0.3 is 5.32 Å². The van der Waals surface area contributed by atoms with Gasteiger partial charge in [-0.2, -0.15) is 0 Å². The normalized spacial score (nSPS) is 10.6. The quantitative estimate of drug-likeness (QED) is 0.772. The number of aryl methyl sites for hydroxylation is 1. The third kappa shape index (κ3) is 2.60. The summed E-state index contributed by atoms with van der Waals surface area (Å²) in [4.78, 5) is 16.5. The van der Waals surface area contributed by atoms with Crippen LogP contribution in [0.1, 0.15) is 15.9 Å². The molecule has 0 radical (unpaired) electrons. The maximum Gasteiger partial charge on any atom is 0.258 e. The highest BCUT2D eigenvalue weighted by Gasteiger charge is 2.13. The third-order valence-corrected chi connectivity index (χ3v) is 3.26. The highest BCUT2D eigenvalue weighted by atomic mass is 19.1. The van der Waals surface area contributed by atoms with Crippen molar-refractivity contribution in [1.82, 2.24) is 4.98 Å². The van der Waals surface area contributed by atoms with Crippen LogP contribution < -0.4 is 5.32 Å². The minimum atomic E-state index is -0.531. The van der Waals surface area contributed by atoms with Gasteiger partial charge in [0.25, 0.3) is 5.91 Å². The van der Waals surface area contributed by atoms with Crippen LogP contribution in [0.4, 0.5) is 10.1 Å². The van der Waals surface area contributed by atoms with Crippen molar-refractivity contribution < 1.29 is 9.18 Å². The fraction of sp³-hybridized carbons (Fsp3) is 0.0588. The van der Waals surface area contributed by atoms with E-state index in [9.17, 15) is 9.18 Å². The molecule has 3 rings (SSSR count). The van der Waals surface area contributed by atoms with Crippen molar-refractivity contribution in [2.24, 2.45) is 0 Å². The van der Waals surface area contributed by atoms with Crippen molar-refractivity contribution in [2.75, 3.05) is 5.32 Å². The molecule has 1 amide bonds. The Kier molecular flexibility index (Phi) is 3.36. The van der Waals surface area contributed by atoms with Crippen LogP contribution in [0.5, 0.6) is 0 Å². The fourth-order valence-corrected chi connectivity index (χ4v) is 2.22. The van der Waals surface area contributed by atoms with Crippen LogP contribution in [0.25, 0.3) is 10.9 Å². The summed E-state index contributed by atoms with van der Waals surface area (Å²) >= 11 is 0. The lowest BCUT2D eigenvalue weighted by Crippen LogP contribution is -2.14. The van der Waals surface area contributed by atoms with E-state index in [-0.39, 0.29) is 5.56 Å². The molecule has 0 aliphatic carbocycles. The molecule has 0 saturated heterocycles. The molecule has 0 bridgehead atoms. The Bertz CT molecular complexity index is 825. The molecule has 21 heavy (non-hydrogen) atoms. The summed E-state index contributed by atoms with van der Waals surface area (Å²) in [7, 11) is 0. The SMILES string of the molecule is Cc1ccc(F)c(C(=O)Nc2cccc3ncccc23)c1. The predicted molar refractivity (Wildman–Crippen MR) is 80.8 cm³/mol. The van der Waals surface area contributed by atoms with Crippen LogP contribution >= 0.6 is 0 Å². The third-order valence-electron chi connectivity index (χ3n) is 3.26. The number of hydrogen-bond acceptors (Lipinski definition) is 2. The number of pyridine rings is 1. The van der Waals surface area contributed by atoms with E-state index in [2.05, 4.69) is 10.3 Å². The van der Waals surface area contributed by atoms with Gasteiger partial charge in [0.2, 0.25) is 0 Å². The van der Waals surface area contributed by atoms with E-state index < -0.39 is 11.7 Å². The van der Waals surface area contributed by atoms with Gasteiger partial charge in [0.05, 0.1) is 16.8 Å². The fourth-order valence-electron chi connectivity index (χ4n) is 2.22. The van der Waals surface area contributed by atoms with E-state index in [1.807, 2.05) is 19.1 Å². The summed E-state index contributed by atoms with van der Waals surface area (Å²) in [6.07, 6.45) is 1.69. The second-order valence-electron chi connectivity index (χ2n) is 4.81. The average molecular weight is 280 g/mol. The van der Waals surface area contributed by atoms with E-state index in [0.717, 1.165) is 16.5 Å². The number of nitrogens with zero attached hydrogens (tertiary/aromatic N) is 1. The van der Waals surface area contributed by atoms with E-state index in [1.54, 1.807) is 30.5 Å². The summed E-state index contributed by atoms with van der Waals surface area (Å²) in [5, 5.41) is 3.57. The minimum absolute atomic E-state index is 0.0379. The second-order valence-corrected chi connectivity index (χ2v) is 4.81. The van der Waals surface area contributed by atoms with Gasteiger partial charge in [0, 0.05) is 11.6 Å². The summed E-state index contributed by atoms with van der Waals surface area (Å²) in [5.41, 5.74) is 2.27. The molecular formula is C17H13FN2O. The van der Waals surface area contributed by atoms with Crippen molar-refractivity contribution in [2.45, 2.75) is 6.92 Å². The molecule has 0 atom stereocenters.